The Bertz CT molecular complexity index is 1030. The van der Waals surface area contributed by atoms with Crippen LogP contribution >= 0.6 is 11.8 Å². The summed E-state index contributed by atoms with van der Waals surface area (Å²) < 4.78 is 11.6. The zero-order valence-corrected chi connectivity index (χ0v) is 19.7. The van der Waals surface area contributed by atoms with Gasteiger partial charge in [-0.1, -0.05) is 30.0 Å². The number of ether oxygens (including phenoxy) is 2. The van der Waals surface area contributed by atoms with Crippen LogP contribution < -0.4 is 14.8 Å². The molecule has 1 aliphatic carbocycles. The first-order valence-corrected chi connectivity index (χ1v) is 12.1. The van der Waals surface area contributed by atoms with E-state index in [9.17, 15) is 14.4 Å². The SMILES string of the molecule is COc1cc(C(C)NC(=O)c2cccc(CN3C(=O)CSC3=O)c2)ccc1OC1CCCC1. The van der Waals surface area contributed by atoms with E-state index in [0.717, 1.165) is 41.5 Å². The average molecular weight is 469 g/mol. The fourth-order valence-corrected chi connectivity index (χ4v) is 4.85. The zero-order chi connectivity index (χ0) is 23.4. The molecular formula is C25H28N2O5S. The summed E-state index contributed by atoms with van der Waals surface area (Å²) in [5.74, 6) is 1.11. The minimum Gasteiger partial charge on any atom is -0.493 e. The van der Waals surface area contributed by atoms with Crippen LogP contribution in [0, 0.1) is 0 Å². The Hall–Kier alpha value is -3.00. The highest BCUT2D eigenvalue weighted by atomic mass is 32.2. The van der Waals surface area contributed by atoms with E-state index in [2.05, 4.69) is 5.32 Å². The second-order valence-electron chi connectivity index (χ2n) is 8.36. The number of amides is 3. The van der Waals surface area contributed by atoms with Gasteiger partial charge in [0.05, 0.1) is 31.6 Å². The largest absolute Gasteiger partial charge is 0.493 e. The van der Waals surface area contributed by atoms with Crippen molar-refractivity contribution in [2.45, 2.75) is 51.3 Å². The summed E-state index contributed by atoms with van der Waals surface area (Å²) in [6.07, 6.45) is 4.75. The third-order valence-corrected chi connectivity index (χ3v) is 6.86. The molecule has 2 aliphatic rings. The van der Waals surface area contributed by atoms with Gasteiger partial charge in [0.2, 0.25) is 5.91 Å². The molecule has 174 valence electrons. The Morgan fingerprint density at radius 2 is 1.94 bits per heavy atom. The summed E-state index contributed by atoms with van der Waals surface area (Å²) in [4.78, 5) is 37.8. The van der Waals surface area contributed by atoms with Crippen molar-refractivity contribution in [3.63, 3.8) is 0 Å². The molecular weight excluding hydrogens is 440 g/mol. The number of methoxy groups -OCH3 is 1. The molecule has 1 saturated carbocycles. The molecule has 2 aromatic carbocycles. The van der Waals surface area contributed by atoms with Gasteiger partial charge >= 0.3 is 0 Å². The lowest BCUT2D eigenvalue weighted by molar-refractivity contribution is -0.125. The van der Waals surface area contributed by atoms with Crippen molar-refractivity contribution >= 4 is 28.8 Å². The van der Waals surface area contributed by atoms with Gasteiger partial charge < -0.3 is 14.8 Å². The van der Waals surface area contributed by atoms with Crippen LogP contribution in [0.25, 0.3) is 0 Å². The summed E-state index contributed by atoms with van der Waals surface area (Å²) in [5, 5.41) is 2.76. The number of imide groups is 1. The van der Waals surface area contributed by atoms with Gasteiger partial charge in [-0.05, 0) is 68.0 Å². The monoisotopic (exact) mass is 468 g/mol. The van der Waals surface area contributed by atoms with Crippen LogP contribution in [-0.4, -0.2) is 40.9 Å². The maximum absolute atomic E-state index is 12.9. The third-order valence-electron chi connectivity index (χ3n) is 6.00. The van der Waals surface area contributed by atoms with Crippen molar-refractivity contribution in [3.8, 4) is 11.5 Å². The van der Waals surface area contributed by atoms with Crippen LogP contribution in [0.3, 0.4) is 0 Å². The van der Waals surface area contributed by atoms with Gasteiger partial charge in [0.25, 0.3) is 11.1 Å². The Labute approximate surface area is 197 Å². The molecule has 1 saturated heterocycles. The minimum atomic E-state index is -0.256. The number of carbonyl (C=O) groups excluding carboxylic acids is 3. The van der Waals surface area contributed by atoms with E-state index in [4.69, 9.17) is 9.47 Å². The van der Waals surface area contributed by atoms with Crippen LogP contribution in [0.4, 0.5) is 4.79 Å². The molecule has 0 spiro atoms. The number of hydrogen-bond donors (Lipinski definition) is 1. The quantitative estimate of drug-likeness (QED) is 0.604. The smallest absolute Gasteiger partial charge is 0.289 e. The number of thioether (sulfide) groups is 1. The molecule has 1 aliphatic heterocycles. The zero-order valence-electron chi connectivity index (χ0n) is 18.8. The first-order valence-electron chi connectivity index (χ1n) is 11.2. The molecule has 0 aromatic heterocycles. The molecule has 4 rings (SSSR count). The first kappa shape index (κ1) is 23.2. The Morgan fingerprint density at radius 1 is 1.15 bits per heavy atom. The minimum absolute atomic E-state index is 0.168. The summed E-state index contributed by atoms with van der Waals surface area (Å²) in [6.45, 7) is 2.08. The molecule has 3 amide bonds. The van der Waals surface area contributed by atoms with Crippen LogP contribution in [-0.2, 0) is 11.3 Å². The highest BCUT2D eigenvalue weighted by Gasteiger charge is 2.30. The second kappa shape index (κ2) is 10.3. The lowest BCUT2D eigenvalue weighted by atomic mass is 10.1. The third kappa shape index (κ3) is 5.50. The molecule has 8 heteroatoms. The standard InChI is InChI=1S/C25H28N2O5S/c1-16(18-10-11-21(22(13-18)31-2)32-20-8-3-4-9-20)26-24(29)19-7-5-6-17(12-19)14-27-23(28)15-33-25(27)30/h5-7,10-13,16,20H,3-4,8-9,14-15H2,1-2H3,(H,26,29). The van der Waals surface area contributed by atoms with Crippen molar-refractivity contribution in [2.75, 3.05) is 12.9 Å². The highest BCUT2D eigenvalue weighted by molar-refractivity contribution is 8.14. The van der Waals surface area contributed by atoms with Gasteiger partial charge in [0, 0.05) is 5.56 Å². The molecule has 33 heavy (non-hydrogen) atoms. The number of benzene rings is 2. The van der Waals surface area contributed by atoms with Gasteiger partial charge in [-0.15, -0.1) is 0 Å². The van der Waals surface area contributed by atoms with E-state index < -0.39 is 0 Å². The van der Waals surface area contributed by atoms with Crippen LogP contribution in [0.15, 0.2) is 42.5 Å². The van der Waals surface area contributed by atoms with Crippen molar-refractivity contribution in [3.05, 3.63) is 59.2 Å². The Balaban J connectivity index is 1.42. The number of hydrogen-bond acceptors (Lipinski definition) is 6. The van der Waals surface area contributed by atoms with E-state index in [0.29, 0.717) is 11.3 Å². The van der Waals surface area contributed by atoms with Crippen molar-refractivity contribution in [1.82, 2.24) is 10.2 Å². The fraction of sp³-hybridized carbons (Fsp3) is 0.400. The molecule has 0 bridgehead atoms. The normalized spacial score (nSPS) is 17.3. The first-order chi connectivity index (χ1) is 15.9. The maximum Gasteiger partial charge on any atom is 0.289 e. The lowest BCUT2D eigenvalue weighted by Gasteiger charge is -2.19. The van der Waals surface area contributed by atoms with Gasteiger partial charge in [-0.3, -0.25) is 19.3 Å². The van der Waals surface area contributed by atoms with Crippen LogP contribution in [0.2, 0.25) is 0 Å². The summed E-state index contributed by atoms with van der Waals surface area (Å²) >= 11 is 1.00. The summed E-state index contributed by atoms with van der Waals surface area (Å²) in [7, 11) is 1.61. The van der Waals surface area contributed by atoms with Gasteiger partial charge in [-0.25, -0.2) is 0 Å². The Kier molecular flexibility index (Phi) is 7.23. The van der Waals surface area contributed by atoms with E-state index in [-0.39, 0.29) is 41.5 Å². The molecule has 7 nitrogen and oxygen atoms in total. The van der Waals surface area contributed by atoms with Gasteiger partial charge in [0.15, 0.2) is 11.5 Å². The fourth-order valence-electron chi connectivity index (χ4n) is 4.13. The molecule has 2 fully saturated rings. The molecule has 1 unspecified atom stereocenters. The van der Waals surface area contributed by atoms with Crippen LogP contribution in [0.1, 0.15) is 60.1 Å². The number of carbonyl (C=O) groups is 3. The van der Waals surface area contributed by atoms with Crippen molar-refractivity contribution in [2.24, 2.45) is 0 Å². The van der Waals surface area contributed by atoms with E-state index in [1.54, 1.807) is 31.4 Å². The predicted molar refractivity (Wildman–Crippen MR) is 127 cm³/mol. The van der Waals surface area contributed by atoms with Gasteiger partial charge in [0.1, 0.15) is 0 Å². The Morgan fingerprint density at radius 3 is 2.64 bits per heavy atom. The topological polar surface area (TPSA) is 84.9 Å². The van der Waals surface area contributed by atoms with E-state index >= 15 is 0 Å². The number of nitrogens with one attached hydrogen (secondary N) is 1. The van der Waals surface area contributed by atoms with Gasteiger partial charge in [-0.2, -0.15) is 0 Å². The molecule has 0 radical (unpaired) electrons. The number of nitrogens with zero attached hydrogens (tertiary/aromatic N) is 1. The summed E-state index contributed by atoms with van der Waals surface area (Å²) in [6, 6.07) is 12.5. The van der Waals surface area contributed by atoms with E-state index in [1.807, 2.05) is 25.1 Å². The molecule has 1 atom stereocenters. The molecule has 1 N–H and O–H groups in total. The molecule has 2 aromatic rings. The second-order valence-corrected chi connectivity index (χ2v) is 9.29. The predicted octanol–water partition coefficient (Wildman–Crippen LogP) is 4.70. The van der Waals surface area contributed by atoms with Crippen molar-refractivity contribution < 1.29 is 23.9 Å². The van der Waals surface area contributed by atoms with E-state index in [1.165, 1.54) is 17.7 Å². The lowest BCUT2D eigenvalue weighted by Crippen LogP contribution is -2.29. The number of rotatable bonds is 8. The average Bonchev–Trinajstić information content (AvgIpc) is 3.44. The summed E-state index contributed by atoms with van der Waals surface area (Å²) in [5.41, 5.74) is 2.11. The maximum atomic E-state index is 12.9. The van der Waals surface area contributed by atoms with Crippen molar-refractivity contribution in [1.29, 1.82) is 0 Å². The highest BCUT2D eigenvalue weighted by Crippen LogP contribution is 2.34. The van der Waals surface area contributed by atoms with Crippen LogP contribution in [0.5, 0.6) is 11.5 Å². The molecule has 1 heterocycles.